The van der Waals surface area contributed by atoms with E-state index >= 15 is 0 Å². The number of carbonyl (C=O) groups excluding carboxylic acids is 1. The quantitative estimate of drug-likeness (QED) is 0.767. The molecule has 1 unspecified atom stereocenters. The lowest BCUT2D eigenvalue weighted by molar-refractivity contribution is -0.122. The van der Waals surface area contributed by atoms with Crippen molar-refractivity contribution in [2.24, 2.45) is 7.05 Å². The van der Waals surface area contributed by atoms with Crippen LogP contribution in [0.2, 0.25) is 0 Å². The molecule has 2 heterocycles. The summed E-state index contributed by atoms with van der Waals surface area (Å²) < 4.78 is 16.3. The van der Waals surface area contributed by atoms with Crippen LogP contribution in [0.25, 0.3) is 0 Å². The van der Waals surface area contributed by atoms with Crippen LogP contribution in [0, 0.1) is 5.82 Å². The molecular formula is C18H17FN4O2. The second kappa shape index (κ2) is 7.12. The Bertz CT molecular complexity index is 931. The first-order valence-electron chi connectivity index (χ1n) is 7.72. The lowest BCUT2D eigenvalue weighted by Gasteiger charge is -2.19. The minimum absolute atomic E-state index is 0.109. The van der Waals surface area contributed by atoms with Crippen molar-refractivity contribution < 1.29 is 9.18 Å². The van der Waals surface area contributed by atoms with Crippen LogP contribution in [-0.2, 0) is 18.4 Å². The topological polar surface area (TPSA) is 68.9 Å². The van der Waals surface area contributed by atoms with Gasteiger partial charge < -0.3 is 14.5 Å². The maximum atomic E-state index is 13.2. The molecule has 2 aromatic heterocycles. The Hall–Kier alpha value is -3.22. The van der Waals surface area contributed by atoms with Crippen LogP contribution in [0.5, 0.6) is 0 Å². The summed E-state index contributed by atoms with van der Waals surface area (Å²) in [5, 5.41) is 2.87. The number of hydrogen-bond donors (Lipinski definition) is 1. The van der Waals surface area contributed by atoms with Gasteiger partial charge >= 0.3 is 0 Å². The zero-order chi connectivity index (χ0) is 17.8. The molecule has 3 rings (SSSR count). The number of amides is 1. The number of nitrogens with zero attached hydrogens (tertiary/aromatic N) is 3. The second-order valence-electron chi connectivity index (χ2n) is 5.62. The van der Waals surface area contributed by atoms with Gasteiger partial charge in [0.25, 0.3) is 5.56 Å². The van der Waals surface area contributed by atoms with E-state index in [1.54, 1.807) is 47.4 Å². The molecule has 3 aromatic rings. The summed E-state index contributed by atoms with van der Waals surface area (Å²) >= 11 is 0. The van der Waals surface area contributed by atoms with Gasteiger partial charge in [0, 0.05) is 31.7 Å². The molecule has 128 valence electrons. The number of rotatable bonds is 5. The van der Waals surface area contributed by atoms with Gasteiger partial charge in [-0.15, -0.1) is 0 Å². The van der Waals surface area contributed by atoms with Gasteiger partial charge in [-0.1, -0.05) is 18.2 Å². The lowest BCUT2D eigenvalue weighted by atomic mass is 10.1. The van der Waals surface area contributed by atoms with Crippen molar-refractivity contribution >= 4 is 5.91 Å². The summed E-state index contributed by atoms with van der Waals surface area (Å²) in [5.41, 5.74) is 0.442. The third-order valence-electron chi connectivity index (χ3n) is 3.84. The number of hydrogen-bond acceptors (Lipinski definition) is 3. The molecule has 1 amide bonds. The van der Waals surface area contributed by atoms with Gasteiger partial charge in [0.15, 0.2) is 0 Å². The predicted octanol–water partition coefficient (Wildman–Crippen LogP) is 1.63. The van der Waals surface area contributed by atoms with Gasteiger partial charge in [-0.05, 0) is 23.8 Å². The molecule has 0 radical (unpaired) electrons. The van der Waals surface area contributed by atoms with Crippen LogP contribution in [-0.4, -0.2) is 20.0 Å². The molecule has 1 N–H and O–H groups in total. The lowest BCUT2D eigenvalue weighted by Crippen LogP contribution is -2.35. The summed E-state index contributed by atoms with van der Waals surface area (Å²) in [4.78, 5) is 28.5. The van der Waals surface area contributed by atoms with E-state index in [1.807, 2.05) is 7.05 Å². The Morgan fingerprint density at radius 2 is 1.96 bits per heavy atom. The summed E-state index contributed by atoms with van der Waals surface area (Å²) in [7, 11) is 1.81. The van der Waals surface area contributed by atoms with E-state index in [9.17, 15) is 14.0 Å². The summed E-state index contributed by atoms with van der Waals surface area (Å²) in [6, 6.07) is 10.0. The van der Waals surface area contributed by atoms with Crippen molar-refractivity contribution in [1.82, 2.24) is 19.4 Å². The largest absolute Gasteiger partial charge is 0.341 e. The summed E-state index contributed by atoms with van der Waals surface area (Å²) in [6.45, 7) is -0.109. The maximum Gasteiger partial charge on any atom is 0.250 e. The first kappa shape index (κ1) is 16.6. The highest BCUT2D eigenvalue weighted by Gasteiger charge is 2.21. The first-order valence-corrected chi connectivity index (χ1v) is 7.72. The minimum atomic E-state index is -0.549. The average Bonchev–Trinajstić information content (AvgIpc) is 3.01. The molecule has 1 aromatic carbocycles. The average molecular weight is 340 g/mol. The highest BCUT2D eigenvalue weighted by molar-refractivity contribution is 5.76. The van der Waals surface area contributed by atoms with Crippen molar-refractivity contribution in [2.75, 3.05) is 0 Å². The highest BCUT2D eigenvalue weighted by Crippen LogP contribution is 2.20. The van der Waals surface area contributed by atoms with E-state index in [0.717, 1.165) is 0 Å². The molecular weight excluding hydrogens is 323 g/mol. The van der Waals surface area contributed by atoms with Crippen LogP contribution < -0.4 is 10.9 Å². The number of pyridine rings is 1. The molecule has 0 aliphatic carbocycles. The standard InChI is InChI=1S/C18H17FN4O2/c1-22-11-9-20-18(22)17(13-5-7-14(19)8-6-13)21-15(24)12-23-10-3-2-4-16(23)25/h2-11,17H,12H2,1H3,(H,21,24). The van der Waals surface area contributed by atoms with Crippen molar-refractivity contribution in [2.45, 2.75) is 12.6 Å². The molecule has 0 bridgehead atoms. The van der Waals surface area contributed by atoms with Crippen molar-refractivity contribution in [3.05, 3.63) is 88.6 Å². The number of carbonyl (C=O) groups is 1. The number of nitrogens with one attached hydrogen (secondary N) is 1. The molecule has 0 saturated heterocycles. The molecule has 6 nitrogen and oxygen atoms in total. The Kier molecular flexibility index (Phi) is 4.74. The number of aryl methyl sites for hydroxylation is 1. The number of benzene rings is 1. The maximum absolute atomic E-state index is 13.2. The fraction of sp³-hybridized carbons (Fsp3) is 0.167. The van der Waals surface area contributed by atoms with Crippen molar-refractivity contribution in [3.8, 4) is 0 Å². The van der Waals surface area contributed by atoms with Crippen molar-refractivity contribution in [1.29, 1.82) is 0 Å². The van der Waals surface area contributed by atoms with Gasteiger partial charge in [-0.25, -0.2) is 9.37 Å². The third-order valence-corrected chi connectivity index (χ3v) is 3.84. The third kappa shape index (κ3) is 3.82. The molecule has 0 aliphatic rings. The van der Waals surface area contributed by atoms with Crippen LogP contribution in [0.4, 0.5) is 4.39 Å². The van der Waals surface area contributed by atoms with E-state index in [0.29, 0.717) is 11.4 Å². The SMILES string of the molecule is Cn1ccnc1C(NC(=O)Cn1ccccc1=O)c1ccc(F)cc1. The molecule has 0 spiro atoms. The summed E-state index contributed by atoms with van der Waals surface area (Å²) in [5.74, 6) is -0.0875. The van der Waals surface area contributed by atoms with Crippen LogP contribution in [0.15, 0.2) is 65.8 Å². The fourth-order valence-electron chi connectivity index (χ4n) is 2.56. The Balaban J connectivity index is 1.86. The number of aromatic nitrogens is 3. The van der Waals surface area contributed by atoms with E-state index in [-0.39, 0.29) is 23.8 Å². The molecule has 0 fully saturated rings. The zero-order valence-electron chi connectivity index (χ0n) is 13.6. The van der Waals surface area contributed by atoms with Gasteiger partial charge in [0.2, 0.25) is 5.91 Å². The normalized spacial score (nSPS) is 11.9. The Morgan fingerprint density at radius 3 is 2.60 bits per heavy atom. The molecule has 0 saturated carbocycles. The van der Waals surface area contributed by atoms with Crippen LogP contribution in [0.3, 0.4) is 0 Å². The van der Waals surface area contributed by atoms with E-state index < -0.39 is 6.04 Å². The Morgan fingerprint density at radius 1 is 1.20 bits per heavy atom. The van der Waals surface area contributed by atoms with E-state index in [1.165, 1.54) is 22.8 Å². The van der Waals surface area contributed by atoms with Crippen LogP contribution in [0.1, 0.15) is 17.4 Å². The van der Waals surface area contributed by atoms with Gasteiger partial charge in [0.05, 0.1) is 0 Å². The molecule has 25 heavy (non-hydrogen) atoms. The monoisotopic (exact) mass is 340 g/mol. The van der Waals surface area contributed by atoms with Gasteiger partial charge in [-0.3, -0.25) is 9.59 Å². The number of imidazole rings is 1. The van der Waals surface area contributed by atoms with Gasteiger partial charge in [0.1, 0.15) is 24.2 Å². The predicted molar refractivity (Wildman–Crippen MR) is 90.3 cm³/mol. The van der Waals surface area contributed by atoms with Crippen LogP contribution >= 0.6 is 0 Å². The fourth-order valence-corrected chi connectivity index (χ4v) is 2.56. The Labute approximate surface area is 143 Å². The molecule has 0 aliphatic heterocycles. The van der Waals surface area contributed by atoms with Crippen molar-refractivity contribution in [3.63, 3.8) is 0 Å². The number of halogens is 1. The molecule has 7 heteroatoms. The van der Waals surface area contributed by atoms with E-state index in [4.69, 9.17) is 0 Å². The smallest absolute Gasteiger partial charge is 0.250 e. The van der Waals surface area contributed by atoms with Gasteiger partial charge in [-0.2, -0.15) is 0 Å². The first-order chi connectivity index (χ1) is 12.0. The molecule has 1 atom stereocenters. The second-order valence-corrected chi connectivity index (χ2v) is 5.62. The minimum Gasteiger partial charge on any atom is -0.341 e. The van der Waals surface area contributed by atoms with E-state index in [2.05, 4.69) is 10.3 Å². The zero-order valence-corrected chi connectivity index (χ0v) is 13.6. The summed E-state index contributed by atoms with van der Waals surface area (Å²) in [6.07, 6.45) is 4.94. The highest BCUT2D eigenvalue weighted by atomic mass is 19.1.